The fourth-order valence-electron chi connectivity index (χ4n) is 6.47. The molecule has 1 heteroatoms. The van der Waals surface area contributed by atoms with Crippen LogP contribution in [0.3, 0.4) is 0 Å². The molecule has 0 spiro atoms. The Morgan fingerprint density at radius 3 is 0.821 bits per heavy atom. The summed E-state index contributed by atoms with van der Waals surface area (Å²) in [7, 11) is 0. The molecule has 0 radical (unpaired) electrons. The lowest BCUT2D eigenvalue weighted by atomic mass is 9.81. The minimum atomic E-state index is 0.326. The van der Waals surface area contributed by atoms with Crippen LogP contribution in [0.2, 0.25) is 0 Å². The average molecular weight is 549 g/mol. The van der Waals surface area contributed by atoms with Gasteiger partial charge in [-0.15, -0.1) is 0 Å². The van der Waals surface area contributed by atoms with E-state index in [0.29, 0.717) is 11.8 Å². The second-order valence-electron chi connectivity index (χ2n) is 13.1. The van der Waals surface area contributed by atoms with Gasteiger partial charge in [-0.1, -0.05) is 207 Å². The number of hydrogen-bond donors (Lipinski definition) is 0. The standard InChI is InChI=1S/C38H76O/c1-4-7-10-13-16-18-19-20-21-22-24-26-29-32-35-38(36-39)37(33-30-27-15-12-9-6-3)34-31-28-25-23-17-14-11-8-5-2/h36-38H,4-35H2,1-3H3. The predicted molar refractivity (Wildman–Crippen MR) is 178 cm³/mol. The van der Waals surface area contributed by atoms with Crippen LogP contribution in [0.1, 0.15) is 226 Å². The van der Waals surface area contributed by atoms with Crippen molar-refractivity contribution < 1.29 is 4.79 Å². The minimum Gasteiger partial charge on any atom is -0.303 e. The zero-order chi connectivity index (χ0) is 28.5. The first-order valence-electron chi connectivity index (χ1n) is 18.7. The number of hydrogen-bond acceptors (Lipinski definition) is 1. The van der Waals surface area contributed by atoms with Gasteiger partial charge in [-0.05, 0) is 25.2 Å². The lowest BCUT2D eigenvalue weighted by molar-refractivity contribution is -0.113. The molecule has 0 aliphatic rings. The zero-order valence-corrected chi connectivity index (χ0v) is 27.8. The predicted octanol–water partition coefficient (Wildman–Crippen LogP) is 14.0. The molecule has 0 amide bonds. The molecule has 2 atom stereocenters. The Bertz CT molecular complexity index is 444. The molecular formula is C38H76O. The highest BCUT2D eigenvalue weighted by molar-refractivity contribution is 5.53. The van der Waals surface area contributed by atoms with Crippen molar-refractivity contribution in [1.29, 1.82) is 0 Å². The van der Waals surface area contributed by atoms with E-state index in [-0.39, 0.29) is 0 Å². The summed E-state index contributed by atoms with van der Waals surface area (Å²) in [5.74, 6) is 0.979. The Labute approximate surface area is 248 Å². The Morgan fingerprint density at radius 1 is 0.333 bits per heavy atom. The van der Waals surface area contributed by atoms with Crippen LogP contribution in [0.25, 0.3) is 0 Å². The second kappa shape index (κ2) is 33.9. The van der Waals surface area contributed by atoms with E-state index >= 15 is 0 Å². The molecular weight excluding hydrogens is 472 g/mol. The molecule has 234 valence electrons. The largest absolute Gasteiger partial charge is 0.303 e. The summed E-state index contributed by atoms with van der Waals surface area (Å²) < 4.78 is 0. The summed E-state index contributed by atoms with van der Waals surface area (Å²) in [5, 5.41) is 0. The third-order valence-corrected chi connectivity index (χ3v) is 9.28. The molecule has 0 bridgehead atoms. The molecule has 0 fully saturated rings. The minimum absolute atomic E-state index is 0.326. The molecule has 0 aliphatic carbocycles. The van der Waals surface area contributed by atoms with E-state index in [1.165, 1.54) is 205 Å². The van der Waals surface area contributed by atoms with Gasteiger partial charge in [0.25, 0.3) is 0 Å². The molecule has 0 aliphatic heterocycles. The molecule has 0 heterocycles. The van der Waals surface area contributed by atoms with Gasteiger partial charge in [0, 0.05) is 5.92 Å². The third kappa shape index (κ3) is 29.0. The monoisotopic (exact) mass is 549 g/mol. The van der Waals surface area contributed by atoms with E-state index in [9.17, 15) is 4.79 Å². The van der Waals surface area contributed by atoms with Gasteiger partial charge in [0.15, 0.2) is 0 Å². The van der Waals surface area contributed by atoms with E-state index in [2.05, 4.69) is 20.8 Å². The topological polar surface area (TPSA) is 17.1 Å². The molecule has 39 heavy (non-hydrogen) atoms. The van der Waals surface area contributed by atoms with Crippen LogP contribution in [0.5, 0.6) is 0 Å². The molecule has 0 aromatic heterocycles. The van der Waals surface area contributed by atoms with Crippen molar-refractivity contribution >= 4 is 6.29 Å². The van der Waals surface area contributed by atoms with E-state index in [0.717, 1.165) is 6.42 Å². The Morgan fingerprint density at radius 2 is 0.564 bits per heavy atom. The van der Waals surface area contributed by atoms with Gasteiger partial charge in [0.1, 0.15) is 6.29 Å². The van der Waals surface area contributed by atoms with E-state index < -0.39 is 0 Å². The molecule has 2 unspecified atom stereocenters. The van der Waals surface area contributed by atoms with Gasteiger partial charge in [0.05, 0.1) is 0 Å². The smallest absolute Gasteiger partial charge is 0.123 e. The van der Waals surface area contributed by atoms with Crippen LogP contribution in [0.15, 0.2) is 0 Å². The maximum atomic E-state index is 12.1. The summed E-state index contributed by atoms with van der Waals surface area (Å²) >= 11 is 0. The third-order valence-electron chi connectivity index (χ3n) is 9.28. The number of carbonyl (C=O) groups is 1. The highest BCUT2D eigenvalue weighted by atomic mass is 16.1. The van der Waals surface area contributed by atoms with Crippen LogP contribution in [-0.4, -0.2) is 6.29 Å². The zero-order valence-electron chi connectivity index (χ0n) is 27.8. The number of rotatable bonds is 34. The van der Waals surface area contributed by atoms with E-state index in [1.54, 1.807) is 0 Å². The quantitative estimate of drug-likeness (QED) is 0.0577. The number of aldehydes is 1. The lowest BCUT2D eigenvalue weighted by Crippen LogP contribution is -2.17. The van der Waals surface area contributed by atoms with Gasteiger partial charge < -0.3 is 4.79 Å². The number of unbranched alkanes of at least 4 members (excludes halogenated alkanes) is 26. The van der Waals surface area contributed by atoms with Gasteiger partial charge >= 0.3 is 0 Å². The van der Waals surface area contributed by atoms with Crippen LogP contribution in [-0.2, 0) is 4.79 Å². The summed E-state index contributed by atoms with van der Waals surface area (Å²) in [6.45, 7) is 6.90. The summed E-state index contributed by atoms with van der Waals surface area (Å²) in [6.07, 6.45) is 45.6. The van der Waals surface area contributed by atoms with Crippen LogP contribution in [0.4, 0.5) is 0 Å². The van der Waals surface area contributed by atoms with Crippen molar-refractivity contribution in [2.24, 2.45) is 11.8 Å². The van der Waals surface area contributed by atoms with Crippen LogP contribution in [0, 0.1) is 11.8 Å². The molecule has 1 nitrogen and oxygen atoms in total. The summed E-state index contributed by atoms with van der Waals surface area (Å²) in [6, 6.07) is 0. The highest BCUT2D eigenvalue weighted by Gasteiger charge is 2.20. The summed E-state index contributed by atoms with van der Waals surface area (Å²) in [5.41, 5.74) is 0. The normalized spacial score (nSPS) is 13.1. The number of carbonyl (C=O) groups excluding carboxylic acids is 1. The van der Waals surface area contributed by atoms with Crippen molar-refractivity contribution in [3.8, 4) is 0 Å². The molecule has 0 saturated heterocycles. The van der Waals surface area contributed by atoms with Gasteiger partial charge in [0.2, 0.25) is 0 Å². The van der Waals surface area contributed by atoms with Crippen molar-refractivity contribution in [1.82, 2.24) is 0 Å². The van der Waals surface area contributed by atoms with Crippen LogP contribution >= 0.6 is 0 Å². The SMILES string of the molecule is CCCCCCCCCCCCCCCCC(C=O)C(CCCCCCCC)CCCCCCCCCCC. The fourth-order valence-corrected chi connectivity index (χ4v) is 6.47. The van der Waals surface area contributed by atoms with Gasteiger partial charge in [-0.3, -0.25) is 0 Å². The van der Waals surface area contributed by atoms with Crippen molar-refractivity contribution in [3.05, 3.63) is 0 Å². The van der Waals surface area contributed by atoms with Gasteiger partial charge in [-0.25, -0.2) is 0 Å². The Hall–Kier alpha value is -0.330. The molecule has 0 aromatic carbocycles. The first-order valence-corrected chi connectivity index (χ1v) is 18.7. The average Bonchev–Trinajstić information content (AvgIpc) is 2.95. The van der Waals surface area contributed by atoms with Crippen molar-refractivity contribution in [3.63, 3.8) is 0 Å². The first kappa shape index (κ1) is 38.7. The second-order valence-corrected chi connectivity index (χ2v) is 13.1. The maximum absolute atomic E-state index is 12.1. The Balaban J connectivity index is 4.04. The van der Waals surface area contributed by atoms with E-state index in [4.69, 9.17) is 0 Å². The van der Waals surface area contributed by atoms with E-state index in [1.807, 2.05) is 0 Å². The Kier molecular flexibility index (Phi) is 33.6. The molecule has 0 rings (SSSR count). The van der Waals surface area contributed by atoms with Crippen LogP contribution < -0.4 is 0 Å². The highest BCUT2D eigenvalue weighted by Crippen LogP contribution is 2.29. The fraction of sp³-hybridized carbons (Fsp3) is 0.974. The van der Waals surface area contributed by atoms with Crippen molar-refractivity contribution in [2.75, 3.05) is 0 Å². The van der Waals surface area contributed by atoms with Gasteiger partial charge in [-0.2, -0.15) is 0 Å². The molecule has 0 saturated carbocycles. The first-order chi connectivity index (χ1) is 19.3. The molecule has 0 aromatic rings. The lowest BCUT2D eigenvalue weighted by Gasteiger charge is -2.23. The maximum Gasteiger partial charge on any atom is 0.123 e. The molecule has 0 N–H and O–H groups in total. The summed E-state index contributed by atoms with van der Waals surface area (Å²) in [4.78, 5) is 12.1. The van der Waals surface area contributed by atoms with Crippen molar-refractivity contribution in [2.45, 2.75) is 226 Å².